The summed E-state index contributed by atoms with van der Waals surface area (Å²) in [4.78, 5) is 12.1. The minimum Gasteiger partial charge on any atom is -0.493 e. The molecule has 1 aromatic heterocycles. The SMILES string of the molecule is C=CCc1ccc(OCC(=O)NCCc2ccc(-n3cccn3)cc2)c(OC)c1. The largest absolute Gasteiger partial charge is 0.493 e. The lowest BCUT2D eigenvalue weighted by Crippen LogP contribution is -2.30. The van der Waals surface area contributed by atoms with Gasteiger partial charge in [0.25, 0.3) is 5.91 Å². The standard InChI is InChI=1S/C23H25N3O3/c1-3-5-19-8-11-21(22(16-19)28-2)29-17-23(27)24-14-12-18-6-9-20(10-7-18)26-15-4-13-25-26/h3-4,6-11,13,15-16H,1,5,12,14,17H2,2H3,(H,24,27). The number of ether oxygens (including phenoxy) is 2. The lowest BCUT2D eigenvalue weighted by atomic mass is 10.1. The summed E-state index contributed by atoms with van der Waals surface area (Å²) >= 11 is 0. The van der Waals surface area contributed by atoms with Crippen molar-refractivity contribution >= 4 is 5.91 Å². The maximum atomic E-state index is 12.1. The van der Waals surface area contributed by atoms with E-state index >= 15 is 0 Å². The van der Waals surface area contributed by atoms with Gasteiger partial charge in [-0.05, 0) is 54.3 Å². The average molecular weight is 391 g/mol. The number of rotatable bonds is 10. The molecule has 0 saturated heterocycles. The molecule has 1 N–H and O–H groups in total. The third-order valence-corrected chi connectivity index (χ3v) is 4.41. The molecular weight excluding hydrogens is 366 g/mol. The van der Waals surface area contributed by atoms with E-state index in [9.17, 15) is 4.79 Å². The Morgan fingerprint density at radius 3 is 2.66 bits per heavy atom. The molecule has 1 heterocycles. The van der Waals surface area contributed by atoms with Crippen LogP contribution in [0.25, 0.3) is 5.69 Å². The molecule has 150 valence electrons. The molecule has 3 aromatic rings. The summed E-state index contributed by atoms with van der Waals surface area (Å²) in [5, 5.41) is 7.08. The predicted octanol–water partition coefficient (Wildman–Crippen LogP) is 3.35. The van der Waals surface area contributed by atoms with Gasteiger partial charge in [0.1, 0.15) is 0 Å². The first-order valence-corrected chi connectivity index (χ1v) is 9.46. The number of hydrogen-bond donors (Lipinski definition) is 1. The van der Waals surface area contributed by atoms with E-state index < -0.39 is 0 Å². The molecule has 0 aliphatic heterocycles. The Bertz CT molecular complexity index is 935. The molecule has 1 amide bonds. The molecule has 0 aliphatic carbocycles. The summed E-state index contributed by atoms with van der Waals surface area (Å²) in [6.45, 7) is 4.21. The lowest BCUT2D eigenvalue weighted by molar-refractivity contribution is -0.123. The Morgan fingerprint density at radius 2 is 1.97 bits per heavy atom. The first kappa shape index (κ1) is 20.2. The van der Waals surface area contributed by atoms with Crippen molar-refractivity contribution in [3.05, 3.63) is 84.7 Å². The molecule has 0 spiro atoms. The van der Waals surface area contributed by atoms with Crippen LogP contribution in [0.5, 0.6) is 11.5 Å². The van der Waals surface area contributed by atoms with Crippen LogP contribution in [0.3, 0.4) is 0 Å². The van der Waals surface area contributed by atoms with Crippen molar-refractivity contribution in [1.82, 2.24) is 15.1 Å². The van der Waals surface area contributed by atoms with Crippen LogP contribution in [-0.2, 0) is 17.6 Å². The highest BCUT2D eigenvalue weighted by Crippen LogP contribution is 2.28. The van der Waals surface area contributed by atoms with E-state index in [1.54, 1.807) is 18.0 Å². The number of nitrogens with zero attached hydrogens (tertiary/aromatic N) is 2. The summed E-state index contributed by atoms with van der Waals surface area (Å²) in [6, 6.07) is 15.6. The minimum atomic E-state index is -0.171. The van der Waals surface area contributed by atoms with E-state index in [1.165, 1.54) is 0 Å². The normalized spacial score (nSPS) is 10.4. The lowest BCUT2D eigenvalue weighted by Gasteiger charge is -2.12. The fourth-order valence-corrected chi connectivity index (χ4v) is 2.90. The van der Waals surface area contributed by atoms with Gasteiger partial charge in [0, 0.05) is 18.9 Å². The summed E-state index contributed by atoms with van der Waals surface area (Å²) in [5.74, 6) is 0.981. The van der Waals surface area contributed by atoms with E-state index in [4.69, 9.17) is 9.47 Å². The van der Waals surface area contributed by atoms with Crippen LogP contribution in [0.1, 0.15) is 11.1 Å². The van der Waals surface area contributed by atoms with Gasteiger partial charge in [0.15, 0.2) is 18.1 Å². The van der Waals surface area contributed by atoms with E-state index in [1.807, 2.05) is 60.8 Å². The van der Waals surface area contributed by atoms with E-state index in [0.29, 0.717) is 18.0 Å². The maximum Gasteiger partial charge on any atom is 0.257 e. The zero-order valence-electron chi connectivity index (χ0n) is 16.5. The first-order chi connectivity index (χ1) is 14.2. The molecule has 6 nitrogen and oxygen atoms in total. The van der Waals surface area contributed by atoms with Gasteiger partial charge in [-0.3, -0.25) is 4.79 Å². The monoisotopic (exact) mass is 391 g/mol. The Morgan fingerprint density at radius 1 is 1.17 bits per heavy atom. The highest BCUT2D eigenvalue weighted by molar-refractivity contribution is 5.77. The van der Waals surface area contributed by atoms with Crippen molar-refractivity contribution in [2.75, 3.05) is 20.3 Å². The van der Waals surface area contributed by atoms with Gasteiger partial charge in [0.05, 0.1) is 12.8 Å². The van der Waals surface area contributed by atoms with Crippen molar-refractivity contribution in [3.8, 4) is 17.2 Å². The highest BCUT2D eigenvalue weighted by atomic mass is 16.5. The third-order valence-electron chi connectivity index (χ3n) is 4.41. The van der Waals surface area contributed by atoms with Crippen molar-refractivity contribution in [1.29, 1.82) is 0 Å². The summed E-state index contributed by atoms with van der Waals surface area (Å²) in [5.41, 5.74) is 3.22. The third kappa shape index (κ3) is 5.72. The zero-order valence-corrected chi connectivity index (χ0v) is 16.5. The highest BCUT2D eigenvalue weighted by Gasteiger charge is 2.08. The fourth-order valence-electron chi connectivity index (χ4n) is 2.90. The number of hydrogen-bond acceptors (Lipinski definition) is 4. The van der Waals surface area contributed by atoms with Crippen LogP contribution in [0.2, 0.25) is 0 Å². The Balaban J connectivity index is 1.44. The van der Waals surface area contributed by atoms with Crippen molar-refractivity contribution in [2.24, 2.45) is 0 Å². The van der Waals surface area contributed by atoms with Crippen LogP contribution in [0, 0.1) is 0 Å². The van der Waals surface area contributed by atoms with Crippen molar-refractivity contribution in [2.45, 2.75) is 12.8 Å². The second-order valence-corrected chi connectivity index (χ2v) is 6.48. The molecule has 3 rings (SSSR count). The van der Waals surface area contributed by atoms with Crippen molar-refractivity contribution in [3.63, 3.8) is 0 Å². The van der Waals surface area contributed by atoms with E-state index in [0.717, 1.165) is 29.7 Å². The van der Waals surface area contributed by atoms with Crippen LogP contribution < -0.4 is 14.8 Å². The fraction of sp³-hybridized carbons (Fsp3) is 0.217. The number of amides is 1. The van der Waals surface area contributed by atoms with Gasteiger partial charge >= 0.3 is 0 Å². The topological polar surface area (TPSA) is 65.4 Å². The molecule has 2 aromatic carbocycles. The molecule has 0 unspecified atom stereocenters. The Labute approximate surface area is 170 Å². The van der Waals surface area contributed by atoms with Crippen LogP contribution in [0.4, 0.5) is 0 Å². The number of allylic oxidation sites excluding steroid dienone is 1. The number of carbonyl (C=O) groups is 1. The molecule has 0 atom stereocenters. The van der Waals surface area contributed by atoms with Gasteiger partial charge in [-0.25, -0.2) is 4.68 Å². The van der Waals surface area contributed by atoms with Gasteiger partial charge in [-0.1, -0.05) is 24.3 Å². The summed E-state index contributed by atoms with van der Waals surface area (Å²) in [6.07, 6.45) is 6.96. The molecule has 0 saturated carbocycles. The molecule has 0 fully saturated rings. The molecule has 29 heavy (non-hydrogen) atoms. The smallest absolute Gasteiger partial charge is 0.257 e. The van der Waals surface area contributed by atoms with Crippen LogP contribution in [-0.4, -0.2) is 35.9 Å². The number of nitrogens with one attached hydrogen (secondary N) is 1. The van der Waals surface area contributed by atoms with Crippen LogP contribution in [0.15, 0.2) is 73.6 Å². The number of methoxy groups -OCH3 is 1. The summed E-state index contributed by atoms with van der Waals surface area (Å²) < 4.78 is 12.8. The van der Waals surface area contributed by atoms with Gasteiger partial charge in [-0.2, -0.15) is 5.10 Å². The average Bonchev–Trinajstić information content (AvgIpc) is 3.28. The van der Waals surface area contributed by atoms with Crippen molar-refractivity contribution < 1.29 is 14.3 Å². The van der Waals surface area contributed by atoms with E-state index in [2.05, 4.69) is 17.0 Å². The Kier molecular flexibility index (Phi) is 7.05. The second kappa shape index (κ2) is 10.1. The molecule has 6 heteroatoms. The maximum absolute atomic E-state index is 12.1. The molecule has 0 radical (unpaired) electrons. The van der Waals surface area contributed by atoms with Gasteiger partial charge < -0.3 is 14.8 Å². The first-order valence-electron chi connectivity index (χ1n) is 9.46. The predicted molar refractivity (Wildman–Crippen MR) is 113 cm³/mol. The molecule has 0 bridgehead atoms. The van der Waals surface area contributed by atoms with E-state index in [-0.39, 0.29) is 12.5 Å². The number of aromatic nitrogens is 2. The van der Waals surface area contributed by atoms with Crippen LogP contribution >= 0.6 is 0 Å². The van der Waals surface area contributed by atoms with Gasteiger partial charge in [0.2, 0.25) is 0 Å². The second-order valence-electron chi connectivity index (χ2n) is 6.48. The number of carbonyl (C=O) groups excluding carboxylic acids is 1. The quantitative estimate of drug-likeness (QED) is 0.539. The summed E-state index contributed by atoms with van der Waals surface area (Å²) in [7, 11) is 1.58. The Hall–Kier alpha value is -3.54. The number of benzene rings is 2. The van der Waals surface area contributed by atoms with Gasteiger partial charge in [-0.15, -0.1) is 6.58 Å². The molecular formula is C23H25N3O3. The minimum absolute atomic E-state index is 0.0601. The zero-order chi connectivity index (χ0) is 20.5. The molecule has 0 aliphatic rings.